The maximum absolute atomic E-state index is 15.8. The summed E-state index contributed by atoms with van der Waals surface area (Å²) in [6.07, 6.45) is 1.18. The lowest BCUT2D eigenvalue weighted by Crippen LogP contribution is -2.44. The van der Waals surface area contributed by atoms with Gasteiger partial charge in [0.1, 0.15) is 11.3 Å². The van der Waals surface area contributed by atoms with Gasteiger partial charge in [-0.1, -0.05) is 0 Å². The van der Waals surface area contributed by atoms with E-state index in [1.54, 1.807) is 0 Å². The molecule has 3 fully saturated rings. The fraction of sp³-hybridized carbons (Fsp3) is 0.500. The van der Waals surface area contributed by atoms with Crippen molar-refractivity contribution in [1.29, 1.82) is 0 Å². The number of halogens is 4. The van der Waals surface area contributed by atoms with Crippen molar-refractivity contribution in [3.8, 4) is 5.75 Å². The second kappa shape index (κ2) is 7.82. The molecule has 1 saturated carbocycles. The quantitative estimate of drug-likeness (QED) is 0.517. The zero-order valence-corrected chi connectivity index (χ0v) is 17.6. The van der Waals surface area contributed by atoms with Crippen LogP contribution >= 0.6 is 12.4 Å². The van der Waals surface area contributed by atoms with Gasteiger partial charge >= 0.3 is 6.16 Å². The Balaban J connectivity index is 0.00000245. The van der Waals surface area contributed by atoms with Gasteiger partial charge in [-0.25, -0.2) is 18.0 Å². The van der Waals surface area contributed by atoms with Crippen LogP contribution in [-0.4, -0.2) is 47.7 Å². The fourth-order valence-electron chi connectivity index (χ4n) is 4.88. The smallest absolute Gasteiger partial charge is 0.449 e. The SMILES string of the molecule is Cl.NCC12CN(c3c(F)c(F)c4c(=O)c(OC(=O)O)cn(C5CC5)c4c3F)CC1CCO2. The lowest BCUT2D eigenvalue weighted by molar-refractivity contribution is 0.0126. The number of fused-ring (bicyclic) bond motifs is 2. The van der Waals surface area contributed by atoms with E-state index in [9.17, 15) is 9.59 Å². The van der Waals surface area contributed by atoms with Gasteiger partial charge < -0.3 is 29.8 Å². The van der Waals surface area contributed by atoms with Gasteiger partial charge in [0.15, 0.2) is 23.2 Å². The highest BCUT2D eigenvalue weighted by Gasteiger charge is 2.51. The molecular formula is C20H21ClF3N3O5. The van der Waals surface area contributed by atoms with Gasteiger partial charge in [0.25, 0.3) is 0 Å². The molecule has 2 atom stereocenters. The summed E-state index contributed by atoms with van der Waals surface area (Å²) in [4.78, 5) is 24.9. The summed E-state index contributed by atoms with van der Waals surface area (Å²) in [6.45, 7) is 1.00. The zero-order valence-electron chi connectivity index (χ0n) is 16.8. The van der Waals surface area contributed by atoms with Crippen molar-refractivity contribution in [2.45, 2.75) is 30.9 Å². The monoisotopic (exact) mass is 475 g/mol. The Labute approximate surface area is 186 Å². The highest BCUT2D eigenvalue weighted by Crippen LogP contribution is 2.45. The standard InChI is InChI=1S/C20H20F3N3O5.ClH/c21-13-12-16(26(10-1-2-10)6-11(18(12)27)31-19(28)29)15(23)17(14(13)22)25-5-9-3-4-30-20(9,7-24)8-25;/h6,9-10H,1-5,7-8,24H2,(H,28,29);1H. The number of anilines is 1. The van der Waals surface area contributed by atoms with Crippen molar-refractivity contribution in [1.82, 2.24) is 4.57 Å². The molecule has 3 heterocycles. The van der Waals surface area contributed by atoms with E-state index in [-0.39, 0.29) is 44.0 Å². The third-order valence-electron chi connectivity index (χ3n) is 6.54. The van der Waals surface area contributed by atoms with Gasteiger partial charge in [-0.05, 0) is 19.3 Å². The van der Waals surface area contributed by atoms with E-state index in [2.05, 4.69) is 4.74 Å². The summed E-state index contributed by atoms with van der Waals surface area (Å²) in [5.74, 6) is -4.88. The Morgan fingerprint density at radius 2 is 1.97 bits per heavy atom. The molecule has 174 valence electrons. The predicted molar refractivity (Wildman–Crippen MR) is 110 cm³/mol. The van der Waals surface area contributed by atoms with Crippen molar-refractivity contribution >= 4 is 35.2 Å². The number of carbonyl (C=O) groups is 1. The van der Waals surface area contributed by atoms with E-state index < -0.39 is 57.0 Å². The van der Waals surface area contributed by atoms with Crippen LogP contribution < -0.4 is 20.8 Å². The first-order chi connectivity index (χ1) is 14.8. The summed E-state index contributed by atoms with van der Waals surface area (Å²) >= 11 is 0. The molecule has 8 nitrogen and oxygen atoms in total. The van der Waals surface area contributed by atoms with Gasteiger partial charge in [0.2, 0.25) is 5.43 Å². The lowest BCUT2D eigenvalue weighted by Gasteiger charge is -2.27. The van der Waals surface area contributed by atoms with Crippen molar-refractivity contribution in [2.75, 3.05) is 31.1 Å². The van der Waals surface area contributed by atoms with E-state index in [0.717, 1.165) is 6.20 Å². The average Bonchev–Trinajstić information content (AvgIpc) is 3.39. The molecule has 2 aromatic rings. The molecule has 5 rings (SSSR count). The molecule has 32 heavy (non-hydrogen) atoms. The Kier molecular flexibility index (Phi) is 5.54. The number of nitrogens with zero attached hydrogens (tertiary/aromatic N) is 2. The number of hydrogen-bond acceptors (Lipinski definition) is 6. The molecule has 2 saturated heterocycles. The topological polar surface area (TPSA) is 107 Å². The molecule has 0 bridgehead atoms. The molecule has 3 N–H and O–H groups in total. The van der Waals surface area contributed by atoms with Crippen LogP contribution in [0.4, 0.5) is 23.7 Å². The van der Waals surface area contributed by atoms with E-state index in [1.807, 2.05) is 0 Å². The number of rotatable bonds is 4. The van der Waals surface area contributed by atoms with Crippen LogP contribution in [0.15, 0.2) is 11.0 Å². The van der Waals surface area contributed by atoms with Crippen LogP contribution in [-0.2, 0) is 4.74 Å². The van der Waals surface area contributed by atoms with Gasteiger partial charge in [-0.3, -0.25) is 4.79 Å². The summed E-state index contributed by atoms with van der Waals surface area (Å²) < 4.78 is 57.5. The zero-order chi connectivity index (χ0) is 22.1. The third-order valence-corrected chi connectivity index (χ3v) is 6.54. The van der Waals surface area contributed by atoms with Gasteiger partial charge in [-0.2, -0.15) is 0 Å². The summed E-state index contributed by atoms with van der Waals surface area (Å²) in [6, 6.07) is -0.275. The molecule has 2 unspecified atom stereocenters. The molecule has 1 aliphatic carbocycles. The number of carboxylic acid groups (broad SMARTS) is 1. The number of aromatic nitrogens is 1. The van der Waals surface area contributed by atoms with Crippen LogP contribution in [0.2, 0.25) is 0 Å². The van der Waals surface area contributed by atoms with Gasteiger partial charge in [-0.15, -0.1) is 12.4 Å². The van der Waals surface area contributed by atoms with Crippen LogP contribution in [0.5, 0.6) is 5.75 Å². The van der Waals surface area contributed by atoms with E-state index in [0.29, 0.717) is 25.9 Å². The molecule has 1 aromatic heterocycles. The van der Waals surface area contributed by atoms with E-state index in [4.69, 9.17) is 15.6 Å². The number of benzene rings is 1. The third kappa shape index (κ3) is 3.22. The highest BCUT2D eigenvalue weighted by atomic mass is 35.5. The predicted octanol–water partition coefficient (Wildman–Crippen LogP) is 2.79. The number of hydrogen-bond donors (Lipinski definition) is 2. The van der Waals surface area contributed by atoms with Gasteiger partial charge in [0, 0.05) is 38.2 Å². The van der Waals surface area contributed by atoms with Crippen molar-refractivity contribution in [3.63, 3.8) is 0 Å². The minimum Gasteiger partial charge on any atom is -0.449 e. The Bertz CT molecular complexity index is 1170. The molecule has 12 heteroatoms. The largest absolute Gasteiger partial charge is 0.511 e. The fourth-order valence-corrected chi connectivity index (χ4v) is 4.88. The molecular weight excluding hydrogens is 455 g/mol. The van der Waals surface area contributed by atoms with Crippen molar-refractivity contribution in [2.24, 2.45) is 11.7 Å². The Morgan fingerprint density at radius 1 is 1.25 bits per heavy atom. The van der Waals surface area contributed by atoms with Crippen molar-refractivity contribution < 1.29 is 32.5 Å². The summed E-state index contributed by atoms with van der Waals surface area (Å²) in [7, 11) is 0. The summed E-state index contributed by atoms with van der Waals surface area (Å²) in [5, 5.41) is 7.99. The average molecular weight is 476 g/mol. The molecule has 1 aromatic carbocycles. The van der Waals surface area contributed by atoms with E-state index >= 15 is 13.2 Å². The number of nitrogens with two attached hydrogens (primary N) is 1. The van der Waals surface area contributed by atoms with Crippen LogP contribution in [0.3, 0.4) is 0 Å². The number of ether oxygens (including phenoxy) is 2. The molecule has 0 radical (unpaired) electrons. The van der Waals surface area contributed by atoms with Crippen LogP contribution in [0.25, 0.3) is 10.9 Å². The normalized spacial score (nSPS) is 24.5. The first-order valence-corrected chi connectivity index (χ1v) is 10.0. The molecule has 0 spiro atoms. The van der Waals surface area contributed by atoms with Crippen LogP contribution in [0, 0.1) is 23.4 Å². The molecule has 0 amide bonds. The first-order valence-electron chi connectivity index (χ1n) is 10.0. The minimum atomic E-state index is -1.78. The molecule has 3 aliphatic rings. The Morgan fingerprint density at radius 3 is 2.56 bits per heavy atom. The highest BCUT2D eigenvalue weighted by molar-refractivity contribution is 5.87. The maximum Gasteiger partial charge on any atom is 0.511 e. The lowest BCUT2D eigenvalue weighted by atomic mass is 9.91. The molecule has 2 aliphatic heterocycles. The maximum atomic E-state index is 15.8. The Hall–Kier alpha value is -2.50. The summed E-state index contributed by atoms with van der Waals surface area (Å²) in [5.41, 5.74) is 2.92. The van der Waals surface area contributed by atoms with Gasteiger partial charge in [0.05, 0.1) is 17.1 Å². The minimum absolute atomic E-state index is 0. The van der Waals surface area contributed by atoms with Crippen molar-refractivity contribution in [3.05, 3.63) is 33.9 Å². The second-order valence-electron chi connectivity index (χ2n) is 8.33. The van der Waals surface area contributed by atoms with Crippen LogP contribution in [0.1, 0.15) is 25.3 Å². The van der Waals surface area contributed by atoms with E-state index in [1.165, 1.54) is 9.47 Å². The first kappa shape index (κ1) is 22.7. The number of pyridine rings is 1. The second-order valence-corrected chi connectivity index (χ2v) is 8.33.